The van der Waals surface area contributed by atoms with Crippen molar-refractivity contribution in [2.75, 3.05) is 6.61 Å². The first-order valence-corrected chi connectivity index (χ1v) is 8.21. The van der Waals surface area contributed by atoms with Crippen molar-refractivity contribution in [2.24, 2.45) is 0 Å². The fourth-order valence-corrected chi connectivity index (χ4v) is 3.57. The van der Waals surface area contributed by atoms with Crippen LogP contribution in [0.1, 0.15) is 34.0 Å². The van der Waals surface area contributed by atoms with Crippen LogP contribution in [0.2, 0.25) is 0 Å². The lowest BCUT2D eigenvalue weighted by Gasteiger charge is -2.08. The van der Waals surface area contributed by atoms with Gasteiger partial charge in [0.1, 0.15) is 0 Å². The van der Waals surface area contributed by atoms with Crippen LogP contribution in [0.4, 0.5) is 0 Å². The predicted octanol–water partition coefficient (Wildman–Crippen LogP) is 3.63. The maximum absolute atomic E-state index is 12.8. The second-order valence-electron chi connectivity index (χ2n) is 5.09. The summed E-state index contributed by atoms with van der Waals surface area (Å²) in [4.78, 5) is 25.3. The molecule has 0 atom stereocenters. The Balaban J connectivity index is 1.96. The zero-order chi connectivity index (χ0) is 15.5. The Morgan fingerprint density at radius 3 is 2.82 bits per heavy atom. The third kappa shape index (κ3) is 2.92. The Labute approximate surface area is 133 Å². The van der Waals surface area contributed by atoms with Crippen LogP contribution in [0.15, 0.2) is 47.4 Å². The van der Waals surface area contributed by atoms with Crippen molar-refractivity contribution in [2.45, 2.75) is 24.0 Å². The molecule has 0 spiro atoms. The number of rotatable bonds is 3. The van der Waals surface area contributed by atoms with Gasteiger partial charge >= 0.3 is 5.97 Å². The molecule has 4 heteroatoms. The Hall–Kier alpha value is -2.07. The smallest absolute Gasteiger partial charge is 0.310 e. The number of carbonyl (C=O) groups excluding carboxylic acids is 2. The summed E-state index contributed by atoms with van der Waals surface area (Å²) in [6.45, 7) is 2.15. The summed E-state index contributed by atoms with van der Waals surface area (Å²) in [5.74, 6) is 0.546. The number of ether oxygens (including phenoxy) is 1. The topological polar surface area (TPSA) is 43.4 Å². The molecular weight excluding hydrogens is 296 g/mol. The third-order valence-electron chi connectivity index (χ3n) is 3.59. The van der Waals surface area contributed by atoms with Gasteiger partial charge in [-0.25, -0.2) is 0 Å². The molecule has 0 bridgehead atoms. The molecule has 1 aliphatic heterocycles. The van der Waals surface area contributed by atoms with E-state index < -0.39 is 0 Å². The minimum Gasteiger partial charge on any atom is -0.466 e. The highest BCUT2D eigenvalue weighted by atomic mass is 32.2. The Kier molecular flexibility index (Phi) is 4.29. The normalized spacial score (nSPS) is 13.0. The van der Waals surface area contributed by atoms with Gasteiger partial charge in [0.15, 0.2) is 5.78 Å². The highest BCUT2D eigenvalue weighted by molar-refractivity contribution is 7.98. The number of esters is 1. The molecule has 1 aliphatic rings. The molecule has 3 rings (SSSR count). The van der Waals surface area contributed by atoms with E-state index in [9.17, 15) is 9.59 Å². The van der Waals surface area contributed by atoms with Gasteiger partial charge in [-0.1, -0.05) is 30.3 Å². The zero-order valence-corrected chi connectivity index (χ0v) is 13.1. The van der Waals surface area contributed by atoms with Crippen LogP contribution in [0, 0.1) is 0 Å². The quantitative estimate of drug-likeness (QED) is 0.812. The predicted molar refractivity (Wildman–Crippen MR) is 86.2 cm³/mol. The maximum atomic E-state index is 12.8. The monoisotopic (exact) mass is 312 g/mol. The van der Waals surface area contributed by atoms with E-state index in [0.717, 1.165) is 27.3 Å². The molecule has 3 nitrogen and oxygen atoms in total. The van der Waals surface area contributed by atoms with Gasteiger partial charge in [-0.05, 0) is 30.2 Å². The average Bonchev–Trinajstić information content (AvgIpc) is 2.66. The minimum atomic E-state index is -0.267. The number of hydrogen-bond acceptors (Lipinski definition) is 4. The van der Waals surface area contributed by atoms with Gasteiger partial charge < -0.3 is 4.74 Å². The Morgan fingerprint density at radius 2 is 2.00 bits per heavy atom. The SMILES string of the molecule is CCOC(=O)Cc1ccc2c(c1)C(=O)c1ccccc1CS2. The average molecular weight is 312 g/mol. The van der Waals surface area contributed by atoms with Crippen molar-refractivity contribution in [3.05, 3.63) is 64.7 Å². The maximum Gasteiger partial charge on any atom is 0.310 e. The number of thioether (sulfide) groups is 1. The first-order chi connectivity index (χ1) is 10.7. The van der Waals surface area contributed by atoms with Gasteiger partial charge in [0.05, 0.1) is 13.0 Å². The lowest BCUT2D eigenvalue weighted by molar-refractivity contribution is -0.142. The molecule has 2 aromatic rings. The first-order valence-electron chi connectivity index (χ1n) is 7.23. The molecular formula is C18H16O3S. The molecule has 112 valence electrons. The molecule has 0 aliphatic carbocycles. The van der Waals surface area contributed by atoms with Gasteiger partial charge in [-0.3, -0.25) is 9.59 Å². The van der Waals surface area contributed by atoms with Crippen molar-refractivity contribution < 1.29 is 14.3 Å². The second kappa shape index (κ2) is 6.36. The summed E-state index contributed by atoms with van der Waals surface area (Å²) in [5, 5.41) is 0. The van der Waals surface area contributed by atoms with Crippen molar-refractivity contribution in [3.8, 4) is 0 Å². The van der Waals surface area contributed by atoms with Crippen molar-refractivity contribution in [3.63, 3.8) is 0 Å². The van der Waals surface area contributed by atoms with Crippen LogP contribution in [0.25, 0.3) is 0 Å². The van der Waals surface area contributed by atoms with Gasteiger partial charge in [-0.15, -0.1) is 11.8 Å². The Morgan fingerprint density at radius 1 is 1.18 bits per heavy atom. The van der Waals surface area contributed by atoms with Crippen molar-refractivity contribution in [1.82, 2.24) is 0 Å². The highest BCUT2D eigenvalue weighted by Gasteiger charge is 2.21. The van der Waals surface area contributed by atoms with Gasteiger partial charge in [0.2, 0.25) is 0 Å². The van der Waals surface area contributed by atoms with Crippen molar-refractivity contribution >= 4 is 23.5 Å². The molecule has 0 N–H and O–H groups in total. The largest absolute Gasteiger partial charge is 0.466 e. The van der Waals surface area contributed by atoms with E-state index in [-0.39, 0.29) is 18.2 Å². The minimum absolute atomic E-state index is 0.0290. The molecule has 1 heterocycles. The molecule has 0 amide bonds. The lowest BCUT2D eigenvalue weighted by atomic mass is 9.97. The summed E-state index contributed by atoms with van der Waals surface area (Å²) in [5.41, 5.74) is 3.30. The Bertz CT molecular complexity index is 737. The summed E-state index contributed by atoms with van der Waals surface area (Å²) >= 11 is 1.66. The van der Waals surface area contributed by atoms with E-state index in [0.29, 0.717) is 12.2 Å². The van der Waals surface area contributed by atoms with Crippen LogP contribution < -0.4 is 0 Å². The van der Waals surface area contributed by atoms with Crippen LogP contribution in [0.5, 0.6) is 0 Å². The molecule has 22 heavy (non-hydrogen) atoms. The number of benzene rings is 2. The third-order valence-corrected chi connectivity index (χ3v) is 4.71. The standard InChI is InChI=1S/C18H16O3S/c1-2-21-17(19)10-12-7-8-16-15(9-12)18(20)14-6-4-3-5-13(14)11-22-16/h3-9H,2,10-11H2,1H3. The molecule has 0 saturated carbocycles. The summed E-state index contributed by atoms with van der Waals surface area (Å²) < 4.78 is 4.97. The summed E-state index contributed by atoms with van der Waals surface area (Å²) in [6.07, 6.45) is 0.195. The summed E-state index contributed by atoms with van der Waals surface area (Å²) in [7, 11) is 0. The van der Waals surface area contributed by atoms with Crippen LogP contribution in [-0.4, -0.2) is 18.4 Å². The highest BCUT2D eigenvalue weighted by Crippen LogP contribution is 2.34. The van der Waals surface area contributed by atoms with Gasteiger partial charge in [0, 0.05) is 21.8 Å². The summed E-state index contributed by atoms with van der Waals surface area (Å²) in [6, 6.07) is 13.3. The van der Waals surface area contributed by atoms with E-state index in [4.69, 9.17) is 4.74 Å². The molecule has 0 radical (unpaired) electrons. The lowest BCUT2D eigenvalue weighted by Crippen LogP contribution is -2.09. The second-order valence-corrected chi connectivity index (χ2v) is 6.10. The van der Waals surface area contributed by atoms with Crippen LogP contribution >= 0.6 is 11.8 Å². The first kappa shape index (κ1) is 14.9. The van der Waals surface area contributed by atoms with E-state index in [1.165, 1.54) is 0 Å². The molecule has 2 aromatic carbocycles. The van der Waals surface area contributed by atoms with E-state index >= 15 is 0 Å². The molecule has 0 aromatic heterocycles. The number of carbonyl (C=O) groups is 2. The molecule has 0 unspecified atom stereocenters. The van der Waals surface area contributed by atoms with Gasteiger partial charge in [-0.2, -0.15) is 0 Å². The van der Waals surface area contributed by atoms with E-state index in [2.05, 4.69) is 0 Å². The molecule has 0 saturated heterocycles. The fraction of sp³-hybridized carbons (Fsp3) is 0.222. The fourth-order valence-electron chi connectivity index (χ4n) is 2.54. The van der Waals surface area contributed by atoms with Crippen molar-refractivity contribution in [1.29, 1.82) is 0 Å². The van der Waals surface area contributed by atoms with Gasteiger partial charge in [0.25, 0.3) is 0 Å². The number of hydrogen-bond donors (Lipinski definition) is 0. The van der Waals surface area contributed by atoms with E-state index in [1.54, 1.807) is 18.7 Å². The molecule has 0 fully saturated rings. The number of fused-ring (bicyclic) bond motifs is 2. The number of ketones is 1. The van der Waals surface area contributed by atoms with Crippen LogP contribution in [0.3, 0.4) is 0 Å². The van der Waals surface area contributed by atoms with Crippen LogP contribution in [-0.2, 0) is 21.7 Å². The van der Waals surface area contributed by atoms with E-state index in [1.807, 2.05) is 42.5 Å². The zero-order valence-electron chi connectivity index (χ0n) is 12.3.